The van der Waals surface area contributed by atoms with Gasteiger partial charge in [-0.15, -0.1) is 0 Å². The van der Waals surface area contributed by atoms with Crippen molar-refractivity contribution in [3.63, 3.8) is 0 Å². The van der Waals surface area contributed by atoms with E-state index in [9.17, 15) is 18.4 Å². The molecular formula is C18H19F2N3O2. The normalized spacial score (nSPS) is 10.2. The van der Waals surface area contributed by atoms with Crippen LogP contribution in [0.1, 0.15) is 5.56 Å². The number of carbonyl (C=O) groups excluding carboxylic acids is 2. The maximum absolute atomic E-state index is 13.8. The second-order valence-electron chi connectivity index (χ2n) is 5.65. The van der Waals surface area contributed by atoms with Gasteiger partial charge in [0.25, 0.3) is 0 Å². The number of carbonyl (C=O) groups is 2. The van der Waals surface area contributed by atoms with Crippen LogP contribution in [-0.2, 0) is 11.3 Å². The van der Waals surface area contributed by atoms with Gasteiger partial charge in [-0.25, -0.2) is 13.6 Å². The van der Waals surface area contributed by atoms with E-state index < -0.39 is 23.6 Å². The summed E-state index contributed by atoms with van der Waals surface area (Å²) in [7, 11) is 3.07. The van der Waals surface area contributed by atoms with E-state index in [0.29, 0.717) is 0 Å². The lowest BCUT2D eigenvalue weighted by Crippen LogP contribution is -2.43. The van der Waals surface area contributed by atoms with Crippen molar-refractivity contribution in [3.05, 3.63) is 65.7 Å². The Hall–Kier alpha value is -2.96. The van der Waals surface area contributed by atoms with Crippen LogP contribution < -0.4 is 5.32 Å². The first kappa shape index (κ1) is 18.4. The van der Waals surface area contributed by atoms with Gasteiger partial charge in [-0.2, -0.15) is 0 Å². The van der Waals surface area contributed by atoms with Crippen molar-refractivity contribution in [1.82, 2.24) is 9.80 Å². The zero-order chi connectivity index (χ0) is 18.4. The number of urea groups is 1. The number of nitrogens with one attached hydrogen (secondary N) is 1. The van der Waals surface area contributed by atoms with E-state index in [0.717, 1.165) is 0 Å². The molecule has 5 nitrogen and oxygen atoms in total. The van der Waals surface area contributed by atoms with Crippen LogP contribution in [0.25, 0.3) is 0 Å². The van der Waals surface area contributed by atoms with E-state index in [1.807, 2.05) is 0 Å². The van der Waals surface area contributed by atoms with Crippen LogP contribution in [0.3, 0.4) is 0 Å². The van der Waals surface area contributed by atoms with Crippen LogP contribution in [0.15, 0.2) is 48.5 Å². The third-order valence-corrected chi connectivity index (χ3v) is 3.45. The molecule has 2 aromatic carbocycles. The number of rotatable bonds is 5. The smallest absolute Gasteiger partial charge is 0.320 e. The van der Waals surface area contributed by atoms with Crippen LogP contribution >= 0.6 is 0 Å². The molecule has 1 N–H and O–H groups in total. The van der Waals surface area contributed by atoms with Gasteiger partial charge in [0.2, 0.25) is 5.91 Å². The molecule has 0 saturated carbocycles. The molecule has 0 fully saturated rings. The highest BCUT2D eigenvalue weighted by molar-refractivity contribution is 5.94. The van der Waals surface area contributed by atoms with Gasteiger partial charge in [-0.05, 0) is 18.2 Å². The lowest BCUT2D eigenvalue weighted by Gasteiger charge is -2.26. The molecule has 0 atom stereocenters. The summed E-state index contributed by atoms with van der Waals surface area (Å²) in [6, 6.07) is 11.3. The molecular weight excluding hydrogens is 328 g/mol. The molecule has 7 heteroatoms. The van der Waals surface area contributed by atoms with E-state index >= 15 is 0 Å². The largest absolute Gasteiger partial charge is 0.331 e. The van der Waals surface area contributed by atoms with E-state index in [2.05, 4.69) is 5.32 Å². The lowest BCUT2D eigenvalue weighted by molar-refractivity contribution is -0.117. The SMILES string of the molecule is CN(C)C(=O)N(CC(=O)Nc1ccccc1F)Cc1ccccc1F. The first-order valence-corrected chi connectivity index (χ1v) is 7.62. The number of halogens is 2. The van der Waals surface area contributed by atoms with Crippen LogP contribution in [0.2, 0.25) is 0 Å². The first-order chi connectivity index (χ1) is 11.9. The molecule has 0 aliphatic heterocycles. The summed E-state index contributed by atoms with van der Waals surface area (Å²) in [4.78, 5) is 27.0. The third-order valence-electron chi connectivity index (χ3n) is 3.45. The first-order valence-electron chi connectivity index (χ1n) is 7.62. The predicted octanol–water partition coefficient (Wildman–Crippen LogP) is 3.09. The molecule has 25 heavy (non-hydrogen) atoms. The zero-order valence-electron chi connectivity index (χ0n) is 14.0. The molecule has 3 amide bonds. The van der Waals surface area contributed by atoms with Gasteiger partial charge in [0.1, 0.15) is 18.2 Å². The van der Waals surface area contributed by atoms with Crippen molar-refractivity contribution in [2.75, 3.05) is 26.0 Å². The fourth-order valence-corrected chi connectivity index (χ4v) is 2.23. The van der Waals surface area contributed by atoms with Crippen molar-refractivity contribution in [2.24, 2.45) is 0 Å². The number of para-hydroxylation sites is 1. The highest BCUT2D eigenvalue weighted by atomic mass is 19.1. The molecule has 0 radical (unpaired) electrons. The van der Waals surface area contributed by atoms with Crippen LogP contribution in [-0.4, -0.2) is 42.4 Å². The highest BCUT2D eigenvalue weighted by Crippen LogP contribution is 2.14. The molecule has 0 aliphatic carbocycles. The molecule has 0 heterocycles. The lowest BCUT2D eigenvalue weighted by atomic mass is 10.2. The summed E-state index contributed by atoms with van der Waals surface area (Å²) in [5, 5.41) is 2.41. The fraction of sp³-hybridized carbons (Fsp3) is 0.222. The summed E-state index contributed by atoms with van der Waals surface area (Å²) >= 11 is 0. The van der Waals surface area contributed by atoms with Crippen molar-refractivity contribution in [1.29, 1.82) is 0 Å². The Balaban J connectivity index is 2.13. The molecule has 0 aromatic heterocycles. The highest BCUT2D eigenvalue weighted by Gasteiger charge is 2.21. The van der Waals surface area contributed by atoms with Crippen molar-refractivity contribution >= 4 is 17.6 Å². The Morgan fingerprint density at radius 2 is 1.56 bits per heavy atom. The Bertz CT molecular complexity index is 765. The van der Waals surface area contributed by atoms with Crippen molar-refractivity contribution in [3.8, 4) is 0 Å². The fourth-order valence-electron chi connectivity index (χ4n) is 2.23. The quantitative estimate of drug-likeness (QED) is 0.904. The molecule has 0 unspecified atom stereocenters. The Morgan fingerprint density at radius 1 is 0.960 bits per heavy atom. The summed E-state index contributed by atoms with van der Waals surface area (Å²) in [5.41, 5.74) is 0.312. The average molecular weight is 347 g/mol. The predicted molar refractivity (Wildman–Crippen MR) is 90.9 cm³/mol. The van der Waals surface area contributed by atoms with Crippen molar-refractivity contribution < 1.29 is 18.4 Å². The Kier molecular flexibility index (Phi) is 6.05. The van der Waals surface area contributed by atoms with E-state index in [-0.39, 0.29) is 24.3 Å². The van der Waals surface area contributed by atoms with Gasteiger partial charge >= 0.3 is 6.03 Å². The van der Waals surface area contributed by atoms with E-state index in [1.54, 1.807) is 24.3 Å². The van der Waals surface area contributed by atoms with Crippen LogP contribution in [0.5, 0.6) is 0 Å². The van der Waals surface area contributed by atoms with Gasteiger partial charge in [0.05, 0.1) is 12.2 Å². The van der Waals surface area contributed by atoms with Gasteiger partial charge < -0.3 is 15.1 Å². The molecule has 0 aliphatic rings. The van der Waals surface area contributed by atoms with Crippen molar-refractivity contribution in [2.45, 2.75) is 6.54 Å². The molecule has 0 spiro atoms. The minimum Gasteiger partial charge on any atom is -0.331 e. The average Bonchev–Trinajstić information content (AvgIpc) is 2.57. The number of benzene rings is 2. The standard InChI is InChI=1S/C18H19F2N3O2/c1-22(2)18(25)23(11-13-7-3-4-8-14(13)19)12-17(24)21-16-10-6-5-9-15(16)20/h3-10H,11-12H2,1-2H3,(H,21,24). The molecule has 2 aromatic rings. The molecule has 132 valence electrons. The number of anilines is 1. The molecule has 0 saturated heterocycles. The maximum Gasteiger partial charge on any atom is 0.320 e. The van der Waals surface area contributed by atoms with E-state index in [1.165, 1.54) is 48.2 Å². The maximum atomic E-state index is 13.8. The van der Waals surface area contributed by atoms with Crippen LogP contribution in [0.4, 0.5) is 19.3 Å². The van der Waals surface area contributed by atoms with Gasteiger partial charge in [-0.1, -0.05) is 30.3 Å². The third kappa shape index (κ3) is 5.00. The topological polar surface area (TPSA) is 52.7 Å². The van der Waals surface area contributed by atoms with Gasteiger partial charge in [0, 0.05) is 19.7 Å². The minimum absolute atomic E-state index is 0.0237. The molecule has 0 bridgehead atoms. The second-order valence-corrected chi connectivity index (χ2v) is 5.65. The number of amides is 3. The van der Waals surface area contributed by atoms with E-state index in [4.69, 9.17) is 0 Å². The van der Waals surface area contributed by atoms with Gasteiger partial charge in [-0.3, -0.25) is 4.79 Å². The summed E-state index contributed by atoms with van der Waals surface area (Å²) in [6.07, 6.45) is 0. The van der Waals surface area contributed by atoms with Gasteiger partial charge in [0.15, 0.2) is 0 Å². The minimum atomic E-state index is -0.574. The summed E-state index contributed by atoms with van der Waals surface area (Å²) in [6.45, 7) is -0.409. The number of nitrogens with zero attached hydrogens (tertiary/aromatic N) is 2. The monoisotopic (exact) mass is 347 g/mol. The van der Waals surface area contributed by atoms with Crippen LogP contribution in [0, 0.1) is 11.6 Å². The number of hydrogen-bond acceptors (Lipinski definition) is 2. The Morgan fingerprint density at radius 3 is 2.16 bits per heavy atom. The summed E-state index contributed by atoms with van der Waals surface area (Å²) in [5.74, 6) is -1.61. The Labute approximate surface area is 144 Å². The second kappa shape index (κ2) is 8.23. The zero-order valence-corrected chi connectivity index (χ0v) is 14.0. The number of hydrogen-bond donors (Lipinski definition) is 1. The summed E-state index contributed by atoms with van der Waals surface area (Å²) < 4.78 is 27.5. The molecule has 2 rings (SSSR count).